The van der Waals surface area contributed by atoms with Crippen molar-refractivity contribution in [3.05, 3.63) is 48.5 Å². The van der Waals surface area contributed by atoms with Crippen molar-refractivity contribution in [2.75, 3.05) is 37.9 Å². The van der Waals surface area contributed by atoms with E-state index >= 15 is 0 Å². The smallest absolute Gasteiger partial charge is 0.260 e. The second kappa shape index (κ2) is 10.0. The lowest BCUT2D eigenvalue weighted by Crippen LogP contribution is -2.38. The molecule has 9 heteroatoms. The zero-order chi connectivity index (χ0) is 21.4. The fraction of sp³-hybridized carbons (Fsp3) is 0.350. The summed E-state index contributed by atoms with van der Waals surface area (Å²) in [5, 5.41) is 2.74. The second-order valence-electron chi connectivity index (χ2n) is 6.30. The summed E-state index contributed by atoms with van der Waals surface area (Å²) in [4.78, 5) is 12.2. The lowest BCUT2D eigenvalue weighted by atomic mass is 10.3. The average Bonchev–Trinajstić information content (AvgIpc) is 2.70. The molecule has 0 aliphatic carbocycles. The van der Waals surface area contributed by atoms with Gasteiger partial charge in [-0.15, -0.1) is 0 Å². The van der Waals surface area contributed by atoms with Gasteiger partial charge in [-0.1, -0.05) is 6.07 Å². The minimum atomic E-state index is -3.33. The number of carbonyl (C=O) groups excluding carboxylic acids is 1. The summed E-state index contributed by atoms with van der Waals surface area (Å²) >= 11 is 0. The van der Waals surface area contributed by atoms with Crippen molar-refractivity contribution in [2.24, 2.45) is 0 Å². The highest BCUT2D eigenvalue weighted by molar-refractivity contribution is 7.92. The van der Waals surface area contributed by atoms with Crippen LogP contribution in [0.2, 0.25) is 0 Å². The molecule has 29 heavy (non-hydrogen) atoms. The van der Waals surface area contributed by atoms with Crippen LogP contribution in [0.5, 0.6) is 17.2 Å². The maximum atomic E-state index is 12.2. The molecular weight excluding hydrogens is 396 g/mol. The van der Waals surface area contributed by atoms with E-state index in [-0.39, 0.29) is 5.91 Å². The maximum Gasteiger partial charge on any atom is 0.260 e. The number of rotatable bonds is 10. The first-order chi connectivity index (χ1) is 13.7. The highest BCUT2D eigenvalue weighted by atomic mass is 32.2. The van der Waals surface area contributed by atoms with Crippen LogP contribution in [-0.2, 0) is 14.8 Å². The van der Waals surface area contributed by atoms with Gasteiger partial charge in [-0.3, -0.25) is 9.10 Å². The number of nitrogens with zero attached hydrogens (tertiary/aromatic N) is 1. The fourth-order valence-corrected chi connectivity index (χ4v) is 2.87. The van der Waals surface area contributed by atoms with Crippen LogP contribution in [0, 0.1) is 0 Å². The molecule has 0 heterocycles. The number of methoxy groups -OCH3 is 1. The lowest BCUT2D eigenvalue weighted by molar-refractivity contribution is -0.127. The van der Waals surface area contributed by atoms with Crippen LogP contribution < -0.4 is 23.8 Å². The summed E-state index contributed by atoms with van der Waals surface area (Å²) in [6.45, 7) is 2.26. The Morgan fingerprint density at radius 2 is 1.76 bits per heavy atom. The van der Waals surface area contributed by atoms with Crippen LogP contribution in [0.15, 0.2) is 48.5 Å². The summed E-state index contributed by atoms with van der Waals surface area (Å²) in [6, 6.07) is 13.7. The fourth-order valence-electron chi connectivity index (χ4n) is 2.36. The van der Waals surface area contributed by atoms with Crippen molar-refractivity contribution in [3.63, 3.8) is 0 Å². The molecule has 1 atom stereocenters. The molecule has 0 saturated heterocycles. The molecule has 0 bridgehead atoms. The van der Waals surface area contributed by atoms with E-state index in [9.17, 15) is 13.2 Å². The Kier molecular flexibility index (Phi) is 7.72. The van der Waals surface area contributed by atoms with Gasteiger partial charge in [-0.2, -0.15) is 0 Å². The molecule has 158 valence electrons. The number of anilines is 1. The molecule has 0 spiro atoms. The van der Waals surface area contributed by atoms with Gasteiger partial charge in [0.1, 0.15) is 23.9 Å². The monoisotopic (exact) mass is 422 g/mol. The Labute approximate surface area is 171 Å². The van der Waals surface area contributed by atoms with Crippen molar-refractivity contribution in [2.45, 2.75) is 13.0 Å². The second-order valence-corrected chi connectivity index (χ2v) is 8.32. The number of sulfonamides is 1. The van der Waals surface area contributed by atoms with Gasteiger partial charge in [-0.25, -0.2) is 8.42 Å². The molecule has 2 rings (SSSR count). The van der Waals surface area contributed by atoms with Crippen molar-refractivity contribution in [3.8, 4) is 17.2 Å². The minimum absolute atomic E-state index is 0.281. The molecule has 0 aliphatic heterocycles. The van der Waals surface area contributed by atoms with E-state index in [4.69, 9.17) is 14.2 Å². The molecule has 1 amide bonds. The lowest BCUT2D eigenvalue weighted by Gasteiger charge is -2.18. The van der Waals surface area contributed by atoms with Crippen LogP contribution in [0.4, 0.5) is 5.69 Å². The first-order valence-corrected chi connectivity index (χ1v) is 10.8. The zero-order valence-electron chi connectivity index (χ0n) is 16.9. The summed E-state index contributed by atoms with van der Waals surface area (Å²) in [6.07, 6.45) is 0.410. The molecule has 1 N–H and O–H groups in total. The Morgan fingerprint density at radius 3 is 2.38 bits per heavy atom. The van der Waals surface area contributed by atoms with E-state index in [0.717, 1.165) is 10.6 Å². The van der Waals surface area contributed by atoms with Crippen molar-refractivity contribution >= 4 is 21.6 Å². The van der Waals surface area contributed by atoms with Gasteiger partial charge in [0.25, 0.3) is 5.91 Å². The van der Waals surface area contributed by atoms with E-state index < -0.39 is 16.1 Å². The zero-order valence-corrected chi connectivity index (χ0v) is 17.7. The number of hydrogen-bond donors (Lipinski definition) is 1. The van der Waals surface area contributed by atoms with Gasteiger partial charge in [-0.05, 0) is 43.3 Å². The Balaban J connectivity index is 1.78. The first kappa shape index (κ1) is 22.4. The number of nitrogens with one attached hydrogen (secondary N) is 1. The maximum absolute atomic E-state index is 12.2. The average molecular weight is 423 g/mol. The molecule has 0 saturated carbocycles. The third kappa shape index (κ3) is 6.86. The molecule has 0 aliphatic rings. The van der Waals surface area contributed by atoms with Crippen LogP contribution >= 0.6 is 0 Å². The van der Waals surface area contributed by atoms with Crippen LogP contribution in [-0.4, -0.2) is 54.0 Å². The van der Waals surface area contributed by atoms with Crippen molar-refractivity contribution in [1.82, 2.24) is 5.32 Å². The molecule has 8 nitrogen and oxygen atoms in total. The predicted octanol–water partition coefficient (Wildman–Crippen LogP) is 2.05. The van der Waals surface area contributed by atoms with E-state index in [1.54, 1.807) is 50.4 Å². The van der Waals surface area contributed by atoms with Crippen molar-refractivity contribution < 1.29 is 27.4 Å². The summed E-state index contributed by atoms with van der Waals surface area (Å²) < 4.78 is 40.6. The number of hydrogen-bond acceptors (Lipinski definition) is 6. The number of benzene rings is 2. The third-order valence-corrected chi connectivity index (χ3v) is 5.30. The highest BCUT2D eigenvalue weighted by Crippen LogP contribution is 2.21. The predicted molar refractivity (Wildman–Crippen MR) is 111 cm³/mol. The van der Waals surface area contributed by atoms with Gasteiger partial charge < -0.3 is 19.5 Å². The Hall–Kier alpha value is -2.94. The molecular formula is C20H26N2O6S. The van der Waals surface area contributed by atoms with Gasteiger partial charge in [0.05, 0.1) is 25.6 Å². The number of ether oxygens (including phenoxy) is 3. The van der Waals surface area contributed by atoms with Gasteiger partial charge >= 0.3 is 0 Å². The molecule has 0 aromatic heterocycles. The summed E-state index contributed by atoms with van der Waals surface area (Å²) in [5.41, 5.74) is 0.506. The minimum Gasteiger partial charge on any atom is -0.497 e. The molecule has 2 aromatic carbocycles. The molecule has 0 fully saturated rings. The van der Waals surface area contributed by atoms with E-state index in [0.29, 0.717) is 36.1 Å². The standard InChI is InChI=1S/C20H26N2O6S/c1-15(28-17-10-8-16(9-11-17)22(2)29(4,24)25)20(23)21-12-13-27-19-7-5-6-18(14-19)26-3/h5-11,14-15H,12-13H2,1-4H3,(H,21,23)/t15-/m1/s1. The SMILES string of the molecule is COc1cccc(OCCNC(=O)[C@@H](C)Oc2ccc(N(C)S(C)(=O)=O)cc2)c1. The Morgan fingerprint density at radius 1 is 1.10 bits per heavy atom. The summed E-state index contributed by atoms with van der Waals surface area (Å²) in [5.74, 6) is 1.53. The Bertz CT molecular complexity index is 915. The molecule has 0 radical (unpaired) electrons. The van der Waals surface area contributed by atoms with E-state index in [2.05, 4.69) is 5.32 Å². The number of carbonyl (C=O) groups is 1. The summed E-state index contributed by atoms with van der Waals surface area (Å²) in [7, 11) is -0.284. The molecule has 0 unspecified atom stereocenters. The normalized spacial score (nSPS) is 12.0. The number of amides is 1. The largest absolute Gasteiger partial charge is 0.497 e. The van der Waals surface area contributed by atoms with Gasteiger partial charge in [0.2, 0.25) is 10.0 Å². The topological polar surface area (TPSA) is 94.2 Å². The quantitative estimate of drug-likeness (QED) is 0.589. The van der Waals surface area contributed by atoms with E-state index in [1.165, 1.54) is 7.05 Å². The van der Waals surface area contributed by atoms with E-state index in [1.807, 2.05) is 12.1 Å². The molecule has 2 aromatic rings. The third-order valence-electron chi connectivity index (χ3n) is 4.09. The van der Waals surface area contributed by atoms with Gasteiger partial charge in [0.15, 0.2) is 6.10 Å². The van der Waals surface area contributed by atoms with Gasteiger partial charge in [0, 0.05) is 13.1 Å². The van der Waals surface area contributed by atoms with Crippen molar-refractivity contribution in [1.29, 1.82) is 0 Å². The highest BCUT2D eigenvalue weighted by Gasteiger charge is 2.15. The van der Waals surface area contributed by atoms with Crippen LogP contribution in [0.1, 0.15) is 6.92 Å². The first-order valence-electron chi connectivity index (χ1n) is 8.96. The van der Waals surface area contributed by atoms with Crippen LogP contribution in [0.3, 0.4) is 0 Å². The van der Waals surface area contributed by atoms with Crippen LogP contribution in [0.25, 0.3) is 0 Å².